The number of carbonyl (C=O) groups excluding carboxylic acids is 1. The minimum atomic E-state index is -3.02. The van der Waals surface area contributed by atoms with Gasteiger partial charge in [0.1, 0.15) is 5.69 Å². The molecule has 2 heterocycles. The third kappa shape index (κ3) is 3.93. The Hall–Kier alpha value is -1.63. The number of carbonyl (C=O) groups is 1. The van der Waals surface area contributed by atoms with Crippen LogP contribution in [0.4, 0.5) is 5.69 Å². The Morgan fingerprint density at radius 3 is 3.00 bits per heavy atom. The topological polar surface area (TPSA) is 88.2 Å². The summed E-state index contributed by atoms with van der Waals surface area (Å²) >= 11 is 0. The number of rotatable bonds is 4. The Kier molecular flexibility index (Phi) is 4.59. The molecule has 1 aliphatic heterocycles. The van der Waals surface area contributed by atoms with Crippen LogP contribution in [0.1, 0.15) is 30.3 Å². The Labute approximate surface area is 118 Å². The third-order valence-electron chi connectivity index (χ3n) is 3.17. The summed E-state index contributed by atoms with van der Waals surface area (Å²) in [4.78, 5) is 16.1. The predicted octanol–water partition coefficient (Wildman–Crippen LogP) is 0.820. The lowest BCUT2D eigenvalue weighted by atomic mass is 10.2. The molecule has 20 heavy (non-hydrogen) atoms. The van der Waals surface area contributed by atoms with E-state index >= 15 is 0 Å². The molecule has 6 nitrogen and oxygen atoms in total. The van der Waals surface area contributed by atoms with Gasteiger partial charge < -0.3 is 10.6 Å². The van der Waals surface area contributed by atoms with Gasteiger partial charge in [-0.3, -0.25) is 9.78 Å². The minimum Gasteiger partial charge on any atom is -0.385 e. The molecule has 1 fully saturated rings. The SMILES string of the molecule is CCNc1ccnc(C(=O)NC2CCCS(=O)(=O)C2)c1. The van der Waals surface area contributed by atoms with E-state index in [9.17, 15) is 13.2 Å². The van der Waals surface area contributed by atoms with Crippen LogP contribution in [0.2, 0.25) is 0 Å². The quantitative estimate of drug-likeness (QED) is 0.859. The third-order valence-corrected chi connectivity index (χ3v) is 4.99. The number of anilines is 1. The Balaban J connectivity index is 2.02. The largest absolute Gasteiger partial charge is 0.385 e. The number of amides is 1. The highest BCUT2D eigenvalue weighted by Gasteiger charge is 2.26. The molecular weight excluding hydrogens is 278 g/mol. The minimum absolute atomic E-state index is 0.0195. The van der Waals surface area contributed by atoms with Crippen molar-refractivity contribution < 1.29 is 13.2 Å². The first-order valence-corrected chi connectivity index (χ1v) is 8.53. The van der Waals surface area contributed by atoms with E-state index in [0.717, 1.165) is 12.2 Å². The number of sulfone groups is 1. The van der Waals surface area contributed by atoms with E-state index in [4.69, 9.17) is 0 Å². The maximum absolute atomic E-state index is 12.1. The van der Waals surface area contributed by atoms with Crippen LogP contribution in [0.5, 0.6) is 0 Å². The van der Waals surface area contributed by atoms with E-state index in [-0.39, 0.29) is 23.5 Å². The van der Waals surface area contributed by atoms with Crippen molar-refractivity contribution in [2.75, 3.05) is 23.4 Å². The van der Waals surface area contributed by atoms with Crippen molar-refractivity contribution in [1.82, 2.24) is 10.3 Å². The van der Waals surface area contributed by atoms with Crippen molar-refractivity contribution >= 4 is 21.4 Å². The van der Waals surface area contributed by atoms with Gasteiger partial charge in [-0.2, -0.15) is 0 Å². The lowest BCUT2D eigenvalue weighted by Gasteiger charge is -2.22. The summed E-state index contributed by atoms with van der Waals surface area (Å²) in [5.74, 6) is -0.0917. The average Bonchev–Trinajstić information content (AvgIpc) is 2.38. The van der Waals surface area contributed by atoms with Gasteiger partial charge in [-0.05, 0) is 31.9 Å². The van der Waals surface area contributed by atoms with Gasteiger partial charge in [0.25, 0.3) is 5.91 Å². The monoisotopic (exact) mass is 297 g/mol. The number of hydrogen-bond donors (Lipinski definition) is 2. The molecule has 0 aliphatic carbocycles. The van der Waals surface area contributed by atoms with Crippen LogP contribution in [0, 0.1) is 0 Å². The van der Waals surface area contributed by atoms with Crippen molar-refractivity contribution in [3.63, 3.8) is 0 Å². The molecular formula is C13H19N3O3S. The Bertz CT molecular complexity index is 586. The molecule has 0 spiro atoms. The Morgan fingerprint density at radius 1 is 1.50 bits per heavy atom. The molecule has 1 aliphatic rings. The molecule has 0 radical (unpaired) electrons. The van der Waals surface area contributed by atoms with Crippen LogP contribution in [0.25, 0.3) is 0 Å². The number of nitrogens with zero attached hydrogens (tertiary/aromatic N) is 1. The highest BCUT2D eigenvalue weighted by atomic mass is 32.2. The normalized spacial score (nSPS) is 21.1. The second-order valence-corrected chi connectivity index (χ2v) is 7.12. The number of aromatic nitrogens is 1. The average molecular weight is 297 g/mol. The summed E-state index contributed by atoms with van der Waals surface area (Å²) in [5.41, 5.74) is 1.12. The summed E-state index contributed by atoms with van der Waals surface area (Å²) in [6.07, 6.45) is 2.85. The van der Waals surface area contributed by atoms with Crippen LogP contribution >= 0.6 is 0 Å². The Morgan fingerprint density at radius 2 is 2.30 bits per heavy atom. The summed E-state index contributed by atoms with van der Waals surface area (Å²) < 4.78 is 23.1. The lowest BCUT2D eigenvalue weighted by Crippen LogP contribution is -2.43. The molecule has 1 saturated heterocycles. The number of nitrogens with one attached hydrogen (secondary N) is 2. The highest BCUT2D eigenvalue weighted by Crippen LogP contribution is 2.13. The van der Waals surface area contributed by atoms with E-state index < -0.39 is 9.84 Å². The van der Waals surface area contributed by atoms with Crippen LogP contribution in [0.15, 0.2) is 18.3 Å². The first-order valence-electron chi connectivity index (χ1n) is 6.71. The maximum Gasteiger partial charge on any atom is 0.270 e. The second kappa shape index (κ2) is 6.21. The molecule has 0 bridgehead atoms. The van der Waals surface area contributed by atoms with Gasteiger partial charge in [0.2, 0.25) is 0 Å². The summed E-state index contributed by atoms with van der Waals surface area (Å²) in [6, 6.07) is 3.13. The van der Waals surface area contributed by atoms with E-state index in [1.54, 1.807) is 18.3 Å². The molecule has 1 aromatic heterocycles. The van der Waals surface area contributed by atoms with E-state index in [0.29, 0.717) is 18.5 Å². The van der Waals surface area contributed by atoms with E-state index in [1.807, 2.05) is 6.92 Å². The molecule has 1 atom stereocenters. The first-order chi connectivity index (χ1) is 9.50. The molecule has 1 aromatic rings. The van der Waals surface area contributed by atoms with Gasteiger partial charge in [0.15, 0.2) is 9.84 Å². The van der Waals surface area contributed by atoms with Crippen LogP contribution in [0.3, 0.4) is 0 Å². The molecule has 0 aromatic carbocycles. The first kappa shape index (κ1) is 14.8. The van der Waals surface area contributed by atoms with Crippen molar-refractivity contribution in [1.29, 1.82) is 0 Å². The van der Waals surface area contributed by atoms with Gasteiger partial charge in [0.05, 0.1) is 11.5 Å². The maximum atomic E-state index is 12.1. The van der Waals surface area contributed by atoms with Gasteiger partial charge in [-0.15, -0.1) is 0 Å². The predicted molar refractivity (Wildman–Crippen MR) is 77.5 cm³/mol. The van der Waals surface area contributed by atoms with Crippen molar-refractivity contribution in [3.05, 3.63) is 24.0 Å². The van der Waals surface area contributed by atoms with Gasteiger partial charge in [-0.25, -0.2) is 8.42 Å². The molecule has 110 valence electrons. The highest BCUT2D eigenvalue weighted by molar-refractivity contribution is 7.91. The van der Waals surface area contributed by atoms with Crippen molar-refractivity contribution in [3.8, 4) is 0 Å². The molecule has 1 amide bonds. The molecule has 2 rings (SSSR count). The second-order valence-electron chi connectivity index (χ2n) is 4.89. The fraction of sp³-hybridized carbons (Fsp3) is 0.538. The zero-order valence-electron chi connectivity index (χ0n) is 11.4. The van der Waals surface area contributed by atoms with Crippen LogP contribution in [-0.2, 0) is 9.84 Å². The molecule has 0 saturated carbocycles. The molecule has 7 heteroatoms. The number of pyridine rings is 1. The van der Waals surface area contributed by atoms with Gasteiger partial charge in [0, 0.05) is 24.5 Å². The molecule has 1 unspecified atom stereocenters. The summed E-state index contributed by atoms with van der Waals surface area (Å²) in [5, 5.41) is 5.86. The fourth-order valence-electron chi connectivity index (χ4n) is 2.26. The lowest BCUT2D eigenvalue weighted by molar-refractivity contribution is 0.0933. The van der Waals surface area contributed by atoms with Crippen molar-refractivity contribution in [2.45, 2.75) is 25.8 Å². The van der Waals surface area contributed by atoms with Crippen LogP contribution in [-0.4, -0.2) is 43.4 Å². The fourth-order valence-corrected chi connectivity index (χ4v) is 3.90. The number of hydrogen-bond acceptors (Lipinski definition) is 5. The summed E-state index contributed by atoms with van der Waals surface area (Å²) in [7, 11) is -3.02. The van der Waals surface area contributed by atoms with E-state index in [2.05, 4.69) is 15.6 Å². The zero-order valence-corrected chi connectivity index (χ0v) is 12.2. The van der Waals surface area contributed by atoms with Crippen LogP contribution < -0.4 is 10.6 Å². The van der Waals surface area contributed by atoms with Gasteiger partial charge in [-0.1, -0.05) is 0 Å². The van der Waals surface area contributed by atoms with Crippen molar-refractivity contribution in [2.24, 2.45) is 0 Å². The van der Waals surface area contributed by atoms with Gasteiger partial charge >= 0.3 is 0 Å². The molecule has 2 N–H and O–H groups in total. The van der Waals surface area contributed by atoms with E-state index in [1.165, 1.54) is 0 Å². The zero-order chi connectivity index (χ0) is 14.6. The smallest absolute Gasteiger partial charge is 0.270 e. The standard InChI is InChI=1S/C13H19N3O3S/c1-2-14-10-5-6-15-12(8-10)13(17)16-11-4-3-7-20(18,19)9-11/h5-6,8,11H,2-4,7,9H2,1H3,(H,14,15)(H,16,17). The summed E-state index contributed by atoms with van der Waals surface area (Å²) in [6.45, 7) is 2.72.